The zero-order chi connectivity index (χ0) is 23.4. The van der Waals surface area contributed by atoms with E-state index in [1.807, 2.05) is 55.5 Å². The van der Waals surface area contributed by atoms with Gasteiger partial charge in [-0.25, -0.2) is 4.99 Å². The van der Waals surface area contributed by atoms with Gasteiger partial charge >= 0.3 is 0 Å². The SMILES string of the molecule is COc1ccc([C@H]2C(C)=Nc3ccccc3N=C2NC(=O)c2ccccc2OC)cc1OC. The molecular formula is C26H25N3O4. The summed E-state index contributed by atoms with van der Waals surface area (Å²) in [5.41, 5.74) is 3.48. The van der Waals surface area contributed by atoms with E-state index in [1.54, 1.807) is 32.4 Å². The summed E-state index contributed by atoms with van der Waals surface area (Å²) < 4.78 is 16.3. The number of para-hydroxylation sites is 3. The predicted octanol–water partition coefficient (Wildman–Crippen LogP) is 5.06. The molecule has 0 aromatic heterocycles. The summed E-state index contributed by atoms with van der Waals surface area (Å²) in [6.45, 7) is 1.92. The minimum absolute atomic E-state index is 0.316. The summed E-state index contributed by atoms with van der Waals surface area (Å²) >= 11 is 0. The Morgan fingerprint density at radius 1 is 0.788 bits per heavy atom. The van der Waals surface area contributed by atoms with Crippen molar-refractivity contribution in [1.29, 1.82) is 0 Å². The van der Waals surface area contributed by atoms with Crippen molar-refractivity contribution in [2.75, 3.05) is 21.3 Å². The van der Waals surface area contributed by atoms with E-state index >= 15 is 0 Å². The van der Waals surface area contributed by atoms with Gasteiger partial charge in [0.25, 0.3) is 5.91 Å². The summed E-state index contributed by atoms with van der Waals surface area (Å²) in [7, 11) is 4.71. The van der Waals surface area contributed by atoms with E-state index in [2.05, 4.69) is 5.32 Å². The van der Waals surface area contributed by atoms with Gasteiger partial charge in [-0.3, -0.25) is 9.79 Å². The molecule has 3 aromatic rings. The van der Waals surface area contributed by atoms with E-state index in [-0.39, 0.29) is 5.91 Å². The van der Waals surface area contributed by atoms with E-state index in [0.717, 1.165) is 17.0 Å². The molecule has 0 unspecified atom stereocenters. The first-order valence-electron chi connectivity index (χ1n) is 10.4. The molecule has 7 heteroatoms. The molecule has 33 heavy (non-hydrogen) atoms. The molecule has 0 saturated carbocycles. The number of nitrogens with one attached hydrogen (secondary N) is 1. The third-order valence-corrected chi connectivity index (χ3v) is 5.44. The van der Waals surface area contributed by atoms with Crippen molar-refractivity contribution in [3.8, 4) is 17.2 Å². The smallest absolute Gasteiger partial charge is 0.260 e. The van der Waals surface area contributed by atoms with Gasteiger partial charge in [0.2, 0.25) is 0 Å². The molecule has 0 radical (unpaired) electrons. The number of benzene rings is 3. The van der Waals surface area contributed by atoms with E-state index < -0.39 is 5.92 Å². The van der Waals surface area contributed by atoms with Crippen LogP contribution in [-0.4, -0.2) is 38.8 Å². The second kappa shape index (κ2) is 9.56. The number of nitrogens with zero attached hydrogens (tertiary/aromatic N) is 2. The van der Waals surface area contributed by atoms with Crippen LogP contribution in [0.1, 0.15) is 28.8 Å². The highest BCUT2D eigenvalue weighted by atomic mass is 16.5. The number of amidine groups is 1. The average molecular weight is 444 g/mol. The highest BCUT2D eigenvalue weighted by Gasteiger charge is 2.28. The molecule has 7 nitrogen and oxygen atoms in total. The van der Waals surface area contributed by atoms with Crippen LogP contribution in [0.2, 0.25) is 0 Å². The Morgan fingerprint density at radius 2 is 1.42 bits per heavy atom. The molecule has 1 heterocycles. The van der Waals surface area contributed by atoms with Gasteiger partial charge in [0.1, 0.15) is 11.6 Å². The summed E-state index contributed by atoms with van der Waals surface area (Å²) in [5, 5.41) is 3.01. The molecule has 0 aliphatic carbocycles. The van der Waals surface area contributed by atoms with Gasteiger partial charge in [0.05, 0.1) is 44.2 Å². The van der Waals surface area contributed by atoms with Crippen LogP contribution in [0.15, 0.2) is 76.7 Å². The van der Waals surface area contributed by atoms with Gasteiger partial charge in [-0.15, -0.1) is 0 Å². The number of carbonyl (C=O) groups excluding carboxylic acids is 1. The number of hydrogen-bond acceptors (Lipinski definition) is 6. The number of carbonyl (C=O) groups is 1. The fraction of sp³-hybridized carbons (Fsp3) is 0.192. The third-order valence-electron chi connectivity index (χ3n) is 5.44. The normalized spacial score (nSPS) is 14.8. The molecule has 3 aromatic carbocycles. The molecule has 0 spiro atoms. The number of amides is 1. The zero-order valence-electron chi connectivity index (χ0n) is 19.0. The first-order valence-corrected chi connectivity index (χ1v) is 10.4. The highest BCUT2D eigenvalue weighted by molar-refractivity contribution is 6.19. The van der Waals surface area contributed by atoms with E-state index in [1.165, 1.54) is 7.11 Å². The van der Waals surface area contributed by atoms with Crippen molar-refractivity contribution in [3.63, 3.8) is 0 Å². The van der Waals surface area contributed by atoms with Crippen LogP contribution in [0.25, 0.3) is 0 Å². The third kappa shape index (κ3) is 4.43. The topological polar surface area (TPSA) is 81.5 Å². The molecule has 1 amide bonds. The second-order valence-electron chi connectivity index (χ2n) is 7.44. The summed E-state index contributed by atoms with van der Waals surface area (Å²) in [5.74, 6) is 1.42. The van der Waals surface area contributed by atoms with Crippen molar-refractivity contribution < 1.29 is 19.0 Å². The van der Waals surface area contributed by atoms with Crippen molar-refractivity contribution in [2.24, 2.45) is 9.98 Å². The molecule has 1 N–H and O–H groups in total. The number of rotatable bonds is 5. The highest BCUT2D eigenvalue weighted by Crippen LogP contribution is 2.37. The van der Waals surface area contributed by atoms with Gasteiger partial charge in [0, 0.05) is 5.71 Å². The van der Waals surface area contributed by atoms with Crippen LogP contribution in [0, 0.1) is 0 Å². The lowest BCUT2D eigenvalue weighted by Gasteiger charge is -2.21. The van der Waals surface area contributed by atoms with Crippen LogP contribution in [0.4, 0.5) is 11.4 Å². The Kier molecular flexibility index (Phi) is 6.40. The molecule has 0 fully saturated rings. The maximum atomic E-state index is 13.3. The Balaban J connectivity index is 1.82. The first-order chi connectivity index (χ1) is 16.0. The van der Waals surface area contributed by atoms with Gasteiger partial charge in [-0.2, -0.15) is 0 Å². The summed E-state index contributed by atoms with van der Waals surface area (Å²) in [4.78, 5) is 22.9. The Morgan fingerprint density at radius 3 is 2.12 bits per heavy atom. The van der Waals surface area contributed by atoms with Crippen LogP contribution in [0.3, 0.4) is 0 Å². The predicted molar refractivity (Wildman–Crippen MR) is 129 cm³/mol. The average Bonchev–Trinajstić information content (AvgIpc) is 2.98. The van der Waals surface area contributed by atoms with Crippen molar-refractivity contribution in [2.45, 2.75) is 12.8 Å². The Labute approximate surface area is 192 Å². The number of hydrogen-bond donors (Lipinski definition) is 1. The molecule has 0 saturated heterocycles. The van der Waals surface area contributed by atoms with E-state index in [0.29, 0.717) is 34.3 Å². The Bertz CT molecular complexity index is 1250. The number of ether oxygens (including phenoxy) is 3. The molecule has 1 aliphatic rings. The van der Waals surface area contributed by atoms with E-state index in [4.69, 9.17) is 24.2 Å². The van der Waals surface area contributed by atoms with Crippen LogP contribution in [0.5, 0.6) is 17.2 Å². The molecule has 1 aliphatic heterocycles. The van der Waals surface area contributed by atoms with E-state index in [9.17, 15) is 4.79 Å². The van der Waals surface area contributed by atoms with Crippen molar-refractivity contribution in [3.05, 3.63) is 77.9 Å². The van der Waals surface area contributed by atoms with Crippen molar-refractivity contribution in [1.82, 2.24) is 5.32 Å². The molecular weight excluding hydrogens is 418 g/mol. The lowest BCUT2D eigenvalue weighted by Crippen LogP contribution is -2.37. The minimum atomic E-state index is -0.407. The summed E-state index contributed by atoms with van der Waals surface area (Å²) in [6, 6.07) is 20.3. The van der Waals surface area contributed by atoms with Crippen LogP contribution in [-0.2, 0) is 0 Å². The number of fused-ring (bicyclic) bond motifs is 1. The van der Waals surface area contributed by atoms with Gasteiger partial charge in [-0.1, -0.05) is 30.3 Å². The van der Waals surface area contributed by atoms with Crippen LogP contribution >= 0.6 is 0 Å². The number of methoxy groups -OCH3 is 3. The zero-order valence-corrected chi connectivity index (χ0v) is 19.0. The van der Waals surface area contributed by atoms with Gasteiger partial charge in [0.15, 0.2) is 11.5 Å². The monoisotopic (exact) mass is 443 g/mol. The maximum Gasteiger partial charge on any atom is 0.260 e. The maximum absolute atomic E-state index is 13.3. The standard InChI is InChI=1S/C26H25N3O4/c1-16-24(17-13-14-22(32-3)23(15-17)33-4)25(28-20-11-7-6-10-19(20)27-16)29-26(30)18-9-5-8-12-21(18)31-2/h5-15,24H,1-4H3,(H,28,29,30)/t24-/m1/s1. The molecule has 1 atom stereocenters. The second-order valence-corrected chi connectivity index (χ2v) is 7.44. The lowest BCUT2D eigenvalue weighted by atomic mass is 9.92. The number of aliphatic imine (C=N–C) groups is 2. The molecule has 168 valence electrons. The fourth-order valence-corrected chi connectivity index (χ4v) is 3.85. The molecule has 4 rings (SSSR count). The molecule has 0 bridgehead atoms. The quantitative estimate of drug-likeness (QED) is 0.597. The van der Waals surface area contributed by atoms with Gasteiger partial charge in [-0.05, 0) is 48.9 Å². The first kappa shape index (κ1) is 22.1. The minimum Gasteiger partial charge on any atom is -0.496 e. The summed E-state index contributed by atoms with van der Waals surface area (Å²) in [6.07, 6.45) is 0. The fourth-order valence-electron chi connectivity index (χ4n) is 3.85. The van der Waals surface area contributed by atoms with Gasteiger partial charge < -0.3 is 19.5 Å². The van der Waals surface area contributed by atoms with Crippen LogP contribution < -0.4 is 19.5 Å². The Hall–Kier alpha value is -4.13. The lowest BCUT2D eigenvalue weighted by molar-refractivity contribution is 0.0973. The van der Waals surface area contributed by atoms with Crippen molar-refractivity contribution >= 4 is 28.8 Å². The largest absolute Gasteiger partial charge is 0.496 e.